The molecule has 1 unspecified atom stereocenters. The number of aromatic carboxylic acids is 1. The first-order valence-corrected chi connectivity index (χ1v) is 6.59. The molecule has 6 nitrogen and oxygen atoms in total. The van der Waals surface area contributed by atoms with Crippen molar-refractivity contribution < 1.29 is 24.5 Å². The largest absolute Gasteiger partial charge is 0.492 e. The summed E-state index contributed by atoms with van der Waals surface area (Å²) in [5.41, 5.74) is 0.210. The molecule has 0 spiro atoms. The maximum Gasteiger partial charge on any atom is 0.335 e. The lowest BCUT2D eigenvalue weighted by atomic mass is 10.2. The van der Waals surface area contributed by atoms with Gasteiger partial charge in [-0.05, 0) is 18.2 Å². The first-order valence-electron chi connectivity index (χ1n) is 6.59. The third-order valence-electron chi connectivity index (χ3n) is 3.29. The molecule has 6 heteroatoms. The SMILES string of the molecule is O=C(O)c1cccc(OCCN2CCOCC2CO)c1. The Morgan fingerprint density at radius 1 is 1.50 bits per heavy atom. The van der Waals surface area contributed by atoms with Gasteiger partial charge in [0.05, 0.1) is 31.4 Å². The Hall–Kier alpha value is -1.63. The number of rotatable bonds is 6. The van der Waals surface area contributed by atoms with Crippen LogP contribution < -0.4 is 4.74 Å². The van der Waals surface area contributed by atoms with Gasteiger partial charge in [-0.1, -0.05) is 6.07 Å². The van der Waals surface area contributed by atoms with Crippen molar-refractivity contribution in [3.63, 3.8) is 0 Å². The molecule has 1 aromatic carbocycles. The first-order chi connectivity index (χ1) is 9.70. The van der Waals surface area contributed by atoms with Crippen LogP contribution in [0.4, 0.5) is 0 Å². The van der Waals surface area contributed by atoms with E-state index in [0.717, 1.165) is 6.54 Å². The third-order valence-corrected chi connectivity index (χ3v) is 3.29. The topological polar surface area (TPSA) is 79.2 Å². The second-order valence-corrected chi connectivity index (χ2v) is 4.63. The number of aliphatic hydroxyl groups excluding tert-OH is 1. The van der Waals surface area contributed by atoms with Gasteiger partial charge in [-0.2, -0.15) is 0 Å². The van der Waals surface area contributed by atoms with Gasteiger partial charge in [0.15, 0.2) is 0 Å². The van der Waals surface area contributed by atoms with Gasteiger partial charge >= 0.3 is 5.97 Å². The summed E-state index contributed by atoms with van der Waals surface area (Å²) in [4.78, 5) is 13.0. The number of benzene rings is 1. The lowest BCUT2D eigenvalue weighted by Gasteiger charge is -2.34. The molecule has 0 saturated carbocycles. The van der Waals surface area contributed by atoms with Crippen molar-refractivity contribution in [3.8, 4) is 5.75 Å². The molecule has 1 aliphatic heterocycles. The summed E-state index contributed by atoms with van der Waals surface area (Å²) in [5.74, 6) is -0.428. The van der Waals surface area contributed by atoms with Crippen LogP contribution in [0.25, 0.3) is 0 Å². The summed E-state index contributed by atoms with van der Waals surface area (Å²) in [6.07, 6.45) is 0. The van der Waals surface area contributed by atoms with Gasteiger partial charge in [0.25, 0.3) is 0 Å². The van der Waals surface area contributed by atoms with E-state index in [2.05, 4.69) is 4.90 Å². The Kier molecular flexibility index (Phi) is 5.34. The molecule has 1 fully saturated rings. The van der Waals surface area contributed by atoms with Crippen LogP contribution in [0.15, 0.2) is 24.3 Å². The molecule has 1 heterocycles. The first kappa shape index (κ1) is 14.8. The summed E-state index contributed by atoms with van der Waals surface area (Å²) >= 11 is 0. The van der Waals surface area contributed by atoms with E-state index in [1.54, 1.807) is 12.1 Å². The summed E-state index contributed by atoms with van der Waals surface area (Å²) < 4.78 is 10.9. The van der Waals surface area contributed by atoms with E-state index in [4.69, 9.17) is 14.6 Å². The van der Waals surface area contributed by atoms with Crippen molar-refractivity contribution in [1.82, 2.24) is 4.90 Å². The number of carboxylic acid groups (broad SMARTS) is 1. The van der Waals surface area contributed by atoms with Crippen molar-refractivity contribution in [2.75, 3.05) is 39.5 Å². The Bertz CT molecular complexity index is 451. The molecule has 0 radical (unpaired) electrons. The molecule has 1 aromatic rings. The highest BCUT2D eigenvalue weighted by molar-refractivity contribution is 5.87. The second kappa shape index (κ2) is 7.23. The number of ether oxygens (including phenoxy) is 2. The van der Waals surface area contributed by atoms with Crippen LogP contribution in [0.1, 0.15) is 10.4 Å². The molecule has 1 atom stereocenters. The molecular weight excluding hydrogens is 262 g/mol. The van der Waals surface area contributed by atoms with E-state index >= 15 is 0 Å². The number of carbonyl (C=O) groups is 1. The molecule has 2 rings (SSSR count). The standard InChI is InChI=1S/C14H19NO5/c16-9-12-10-19-6-4-15(12)5-7-20-13-3-1-2-11(8-13)14(17)18/h1-3,8,12,16H,4-7,9-10H2,(H,17,18). The maximum absolute atomic E-state index is 10.9. The van der Waals surface area contributed by atoms with Gasteiger partial charge in [0, 0.05) is 13.1 Å². The molecule has 0 amide bonds. The minimum atomic E-state index is -0.969. The summed E-state index contributed by atoms with van der Waals surface area (Å²) in [5, 5.41) is 18.1. The van der Waals surface area contributed by atoms with Crippen molar-refractivity contribution in [2.45, 2.75) is 6.04 Å². The highest BCUT2D eigenvalue weighted by Gasteiger charge is 2.21. The predicted octanol–water partition coefficient (Wildman–Crippen LogP) is 0.457. The Morgan fingerprint density at radius 2 is 2.35 bits per heavy atom. The minimum Gasteiger partial charge on any atom is -0.492 e. The van der Waals surface area contributed by atoms with Crippen molar-refractivity contribution in [3.05, 3.63) is 29.8 Å². The predicted molar refractivity (Wildman–Crippen MR) is 72.2 cm³/mol. The Labute approximate surface area is 117 Å². The van der Waals surface area contributed by atoms with Gasteiger partial charge in [-0.15, -0.1) is 0 Å². The normalized spacial score (nSPS) is 19.8. The zero-order valence-corrected chi connectivity index (χ0v) is 11.2. The van der Waals surface area contributed by atoms with Crippen LogP contribution >= 0.6 is 0 Å². The minimum absolute atomic E-state index is 0.0118. The monoisotopic (exact) mass is 281 g/mol. The molecule has 110 valence electrons. The maximum atomic E-state index is 10.9. The number of carboxylic acids is 1. The fourth-order valence-electron chi connectivity index (χ4n) is 2.15. The van der Waals surface area contributed by atoms with Crippen molar-refractivity contribution in [1.29, 1.82) is 0 Å². The number of hydrogen-bond acceptors (Lipinski definition) is 5. The summed E-state index contributed by atoms with van der Waals surface area (Å²) in [6, 6.07) is 6.43. The fourth-order valence-corrected chi connectivity index (χ4v) is 2.15. The molecule has 1 saturated heterocycles. The summed E-state index contributed by atoms with van der Waals surface area (Å²) in [7, 11) is 0. The lowest BCUT2D eigenvalue weighted by Crippen LogP contribution is -2.48. The summed E-state index contributed by atoms with van der Waals surface area (Å²) in [6.45, 7) is 3.14. The van der Waals surface area contributed by atoms with Crippen LogP contribution in [-0.4, -0.2) is 66.6 Å². The van der Waals surface area contributed by atoms with Gasteiger partial charge in [0.1, 0.15) is 12.4 Å². The highest BCUT2D eigenvalue weighted by Crippen LogP contribution is 2.14. The van der Waals surface area contributed by atoms with Crippen LogP contribution in [0, 0.1) is 0 Å². The zero-order valence-electron chi connectivity index (χ0n) is 11.2. The van der Waals surface area contributed by atoms with E-state index in [1.807, 2.05) is 0 Å². The molecule has 20 heavy (non-hydrogen) atoms. The number of nitrogens with zero attached hydrogens (tertiary/aromatic N) is 1. The van der Waals surface area contributed by atoms with Crippen LogP contribution in [0.3, 0.4) is 0 Å². The second-order valence-electron chi connectivity index (χ2n) is 4.63. The third kappa shape index (κ3) is 3.93. The zero-order chi connectivity index (χ0) is 14.4. The van der Waals surface area contributed by atoms with E-state index in [0.29, 0.717) is 32.1 Å². The van der Waals surface area contributed by atoms with Gasteiger partial charge in [-0.3, -0.25) is 4.90 Å². The Morgan fingerprint density at radius 3 is 3.10 bits per heavy atom. The van der Waals surface area contributed by atoms with Gasteiger partial charge < -0.3 is 19.7 Å². The van der Waals surface area contributed by atoms with Gasteiger partial charge in [-0.25, -0.2) is 4.79 Å². The van der Waals surface area contributed by atoms with E-state index in [1.165, 1.54) is 12.1 Å². The quantitative estimate of drug-likeness (QED) is 0.788. The number of hydrogen-bond donors (Lipinski definition) is 2. The fraction of sp³-hybridized carbons (Fsp3) is 0.500. The van der Waals surface area contributed by atoms with Crippen LogP contribution in [-0.2, 0) is 4.74 Å². The Balaban J connectivity index is 1.83. The number of aliphatic hydroxyl groups is 1. The molecule has 0 aromatic heterocycles. The van der Waals surface area contributed by atoms with E-state index < -0.39 is 5.97 Å². The van der Waals surface area contributed by atoms with Gasteiger partial charge in [0.2, 0.25) is 0 Å². The highest BCUT2D eigenvalue weighted by atomic mass is 16.5. The van der Waals surface area contributed by atoms with Crippen molar-refractivity contribution in [2.24, 2.45) is 0 Å². The lowest BCUT2D eigenvalue weighted by molar-refractivity contribution is -0.0312. The van der Waals surface area contributed by atoms with E-state index in [9.17, 15) is 9.90 Å². The molecular formula is C14H19NO5. The number of morpholine rings is 1. The smallest absolute Gasteiger partial charge is 0.335 e. The molecule has 0 aliphatic carbocycles. The molecule has 0 bridgehead atoms. The van der Waals surface area contributed by atoms with Crippen LogP contribution in [0.5, 0.6) is 5.75 Å². The average Bonchev–Trinajstić information content (AvgIpc) is 2.48. The van der Waals surface area contributed by atoms with Crippen molar-refractivity contribution >= 4 is 5.97 Å². The molecule has 2 N–H and O–H groups in total. The van der Waals surface area contributed by atoms with Crippen LogP contribution in [0.2, 0.25) is 0 Å². The average molecular weight is 281 g/mol. The molecule has 1 aliphatic rings. The van der Waals surface area contributed by atoms with E-state index in [-0.39, 0.29) is 18.2 Å².